The Kier molecular flexibility index (Phi) is 4.91. The first-order valence-electron chi connectivity index (χ1n) is 8.62. The fraction of sp³-hybridized carbons (Fsp3) is 0.333. The van der Waals surface area contributed by atoms with Crippen LogP contribution < -0.4 is 10.9 Å². The van der Waals surface area contributed by atoms with E-state index in [9.17, 15) is 9.59 Å². The molecule has 0 bridgehead atoms. The fourth-order valence-electron chi connectivity index (χ4n) is 3.21. The summed E-state index contributed by atoms with van der Waals surface area (Å²) < 4.78 is 1.08. The van der Waals surface area contributed by atoms with Crippen LogP contribution >= 0.6 is 11.3 Å². The summed E-state index contributed by atoms with van der Waals surface area (Å²) in [7, 11) is 0. The van der Waals surface area contributed by atoms with Gasteiger partial charge in [-0.15, -0.1) is 11.3 Å². The number of benzene rings is 2. The summed E-state index contributed by atoms with van der Waals surface area (Å²) in [4.78, 5) is 29.5. The average molecular weight is 353 g/mol. The minimum Gasteiger partial charge on any atom is -0.353 e. The van der Waals surface area contributed by atoms with Crippen LogP contribution in [0.15, 0.2) is 45.5 Å². The van der Waals surface area contributed by atoms with Gasteiger partial charge in [0, 0.05) is 11.1 Å². The van der Waals surface area contributed by atoms with Crippen LogP contribution in [-0.2, 0) is 0 Å². The molecule has 3 rings (SSSR count). The number of aromatic amines is 1. The Hall–Kier alpha value is -2.20. The quantitative estimate of drug-likeness (QED) is 0.397. The van der Waals surface area contributed by atoms with Gasteiger partial charge in [-0.1, -0.05) is 30.7 Å². The van der Waals surface area contributed by atoms with Gasteiger partial charge in [-0.2, -0.15) is 0 Å². The summed E-state index contributed by atoms with van der Waals surface area (Å²) in [5.74, 6) is 0.0310. The van der Waals surface area contributed by atoms with E-state index in [-0.39, 0.29) is 16.8 Å². The molecule has 1 heterocycles. The molecule has 2 aliphatic rings. The van der Waals surface area contributed by atoms with Crippen LogP contribution in [0.25, 0.3) is 20.8 Å². The highest BCUT2D eigenvalue weighted by Crippen LogP contribution is 2.36. The number of aromatic nitrogens is 1. The van der Waals surface area contributed by atoms with Crippen molar-refractivity contribution in [1.29, 1.82) is 0 Å². The van der Waals surface area contributed by atoms with E-state index in [2.05, 4.69) is 24.9 Å². The third-order valence-corrected chi connectivity index (χ3v) is 5.92. The first-order valence-corrected chi connectivity index (χ1v) is 9.43. The molecule has 3 nitrogen and oxygen atoms in total. The van der Waals surface area contributed by atoms with Crippen molar-refractivity contribution in [2.45, 2.75) is 46.5 Å². The number of hydrogen-bond acceptors (Lipinski definition) is 3. The van der Waals surface area contributed by atoms with Gasteiger partial charge in [0.05, 0.1) is 20.8 Å². The van der Waals surface area contributed by atoms with Crippen LogP contribution in [-0.4, -0.2) is 4.98 Å². The minimum atomic E-state index is -0.364. The van der Waals surface area contributed by atoms with Gasteiger partial charge in [-0.3, -0.25) is 9.59 Å². The van der Waals surface area contributed by atoms with Gasteiger partial charge < -0.3 is 4.98 Å². The molecule has 130 valence electrons. The van der Waals surface area contributed by atoms with E-state index < -0.39 is 0 Å². The number of para-hydroxylation sites is 1. The lowest BCUT2D eigenvalue weighted by Crippen LogP contribution is -2.32. The molecule has 0 aromatic heterocycles. The van der Waals surface area contributed by atoms with Gasteiger partial charge in [-0.05, 0) is 51.7 Å². The van der Waals surface area contributed by atoms with E-state index in [0.29, 0.717) is 11.1 Å². The molecule has 1 aromatic carbocycles. The monoisotopic (exact) mass is 353 g/mol. The molecule has 0 saturated heterocycles. The van der Waals surface area contributed by atoms with E-state index in [4.69, 9.17) is 0 Å². The lowest BCUT2D eigenvalue weighted by molar-refractivity contribution is 0.683. The van der Waals surface area contributed by atoms with Crippen LogP contribution in [0, 0.1) is 6.92 Å². The molecule has 0 amide bonds. The maximum Gasteiger partial charge on any atom is 0.231 e. The Labute approximate surface area is 151 Å². The Morgan fingerprint density at radius 1 is 1.20 bits per heavy atom. The molecule has 1 aromatic rings. The number of H-pyrrole nitrogens is 1. The third-order valence-electron chi connectivity index (χ3n) is 4.63. The molecule has 0 saturated carbocycles. The van der Waals surface area contributed by atoms with Crippen molar-refractivity contribution in [3.63, 3.8) is 0 Å². The Morgan fingerprint density at radius 3 is 2.64 bits per heavy atom. The largest absolute Gasteiger partial charge is 0.353 e. The van der Waals surface area contributed by atoms with Crippen LogP contribution in [0.3, 0.4) is 0 Å². The molecule has 0 spiro atoms. The molecule has 0 fully saturated rings. The van der Waals surface area contributed by atoms with Crippen LogP contribution in [0.2, 0.25) is 0 Å². The van der Waals surface area contributed by atoms with Crippen molar-refractivity contribution >= 4 is 21.6 Å². The van der Waals surface area contributed by atoms with Crippen LogP contribution in [0.5, 0.6) is 0 Å². The standard InChI is InChI=1S/C21H23NO2S/c1-12(2)8-7-9-13(3)17-18-21(14(4)19(23)20(17)24)25-16-11-6-5-10-15(16)22-18/h5-6,8,10-11,13,22H,7,9H2,1-4H3/t13-/m1/s1. The molecular weight excluding hydrogens is 330 g/mol. The van der Waals surface area contributed by atoms with Crippen molar-refractivity contribution in [3.05, 3.63) is 67.5 Å². The van der Waals surface area contributed by atoms with Gasteiger partial charge in [0.15, 0.2) is 0 Å². The van der Waals surface area contributed by atoms with Gasteiger partial charge in [0.2, 0.25) is 10.9 Å². The van der Waals surface area contributed by atoms with Crippen LogP contribution in [0.1, 0.15) is 50.7 Å². The Morgan fingerprint density at radius 2 is 1.92 bits per heavy atom. The van der Waals surface area contributed by atoms with E-state index in [1.165, 1.54) is 5.57 Å². The zero-order valence-corrected chi connectivity index (χ0v) is 15.9. The normalized spacial score (nSPS) is 12.5. The molecule has 0 unspecified atom stereocenters. The van der Waals surface area contributed by atoms with Crippen LogP contribution in [0.4, 0.5) is 0 Å². The van der Waals surface area contributed by atoms with Gasteiger partial charge in [-0.25, -0.2) is 0 Å². The fourth-order valence-corrected chi connectivity index (χ4v) is 4.32. The first-order chi connectivity index (χ1) is 11.9. The van der Waals surface area contributed by atoms with Crippen molar-refractivity contribution in [3.8, 4) is 10.6 Å². The lowest BCUT2D eigenvalue weighted by Gasteiger charge is -2.18. The highest BCUT2D eigenvalue weighted by atomic mass is 32.1. The molecule has 4 heteroatoms. The highest BCUT2D eigenvalue weighted by molar-refractivity contribution is 7.21. The van der Waals surface area contributed by atoms with E-state index in [0.717, 1.165) is 33.6 Å². The van der Waals surface area contributed by atoms with Gasteiger partial charge in [0.25, 0.3) is 0 Å². The predicted octanol–water partition coefficient (Wildman–Crippen LogP) is 5.21. The molecule has 0 radical (unpaired) electrons. The number of allylic oxidation sites excluding steroid dienone is 2. The maximum absolute atomic E-state index is 12.7. The predicted molar refractivity (Wildman–Crippen MR) is 107 cm³/mol. The van der Waals surface area contributed by atoms with E-state index >= 15 is 0 Å². The average Bonchev–Trinajstić information content (AvgIpc) is 2.58. The maximum atomic E-state index is 12.7. The summed E-state index contributed by atoms with van der Waals surface area (Å²) in [6, 6.07) is 8.00. The smallest absolute Gasteiger partial charge is 0.231 e. The second kappa shape index (κ2) is 6.96. The molecule has 1 aliphatic carbocycles. The highest BCUT2D eigenvalue weighted by Gasteiger charge is 2.24. The third kappa shape index (κ3) is 3.31. The summed E-state index contributed by atoms with van der Waals surface area (Å²) in [5.41, 5.74) is 3.56. The van der Waals surface area contributed by atoms with Crippen molar-refractivity contribution in [2.75, 3.05) is 0 Å². The second-order valence-corrected chi connectivity index (χ2v) is 7.94. The Balaban J connectivity index is 2.23. The van der Waals surface area contributed by atoms with Crippen molar-refractivity contribution in [1.82, 2.24) is 4.98 Å². The van der Waals surface area contributed by atoms with Crippen molar-refractivity contribution < 1.29 is 0 Å². The van der Waals surface area contributed by atoms with Gasteiger partial charge in [0.1, 0.15) is 0 Å². The summed E-state index contributed by atoms with van der Waals surface area (Å²) in [6.07, 6.45) is 3.93. The Bertz CT molecular complexity index is 1040. The molecule has 1 N–H and O–H groups in total. The summed E-state index contributed by atoms with van der Waals surface area (Å²) in [6.45, 7) is 7.94. The molecule has 25 heavy (non-hydrogen) atoms. The van der Waals surface area contributed by atoms with Gasteiger partial charge >= 0.3 is 0 Å². The molecular formula is C21H23NO2S. The first kappa shape index (κ1) is 17.6. The number of fused-ring (bicyclic) bond motifs is 2. The van der Waals surface area contributed by atoms with E-state index in [1.54, 1.807) is 18.3 Å². The lowest BCUT2D eigenvalue weighted by atomic mass is 9.91. The summed E-state index contributed by atoms with van der Waals surface area (Å²) >= 11 is 1.58. The number of rotatable bonds is 4. The number of nitrogens with one attached hydrogen (secondary N) is 1. The topological polar surface area (TPSA) is 49.9 Å². The van der Waals surface area contributed by atoms with Crippen molar-refractivity contribution in [2.24, 2.45) is 0 Å². The minimum absolute atomic E-state index is 0.0310. The number of hydrogen-bond donors (Lipinski definition) is 1. The molecule has 1 atom stereocenters. The summed E-state index contributed by atoms with van der Waals surface area (Å²) in [5, 5.41) is 0. The second-order valence-electron chi connectivity index (χ2n) is 6.88. The SMILES string of the molecule is CC(C)=CCC[C@@H](C)c1c2[nH]c3ccccc3sc-2c(C)c(=O)c1=O. The zero-order valence-electron chi connectivity index (χ0n) is 15.1. The zero-order chi connectivity index (χ0) is 18.1. The molecule has 1 aliphatic heterocycles. The van der Waals surface area contributed by atoms with E-state index in [1.807, 2.05) is 31.2 Å².